The molecule has 1 aromatic heterocycles. The lowest BCUT2D eigenvalue weighted by atomic mass is 9.86. The molecule has 0 saturated heterocycles. The summed E-state index contributed by atoms with van der Waals surface area (Å²) in [5, 5.41) is 1.98. The van der Waals surface area contributed by atoms with Crippen LogP contribution in [0.4, 0.5) is 11.4 Å². The van der Waals surface area contributed by atoms with Gasteiger partial charge in [0.1, 0.15) is 0 Å². The minimum Gasteiger partial charge on any atom is -0.459 e. The zero-order valence-corrected chi connectivity index (χ0v) is 17.7. The zero-order valence-electron chi connectivity index (χ0n) is 17.7. The summed E-state index contributed by atoms with van der Waals surface area (Å²) >= 11 is 0. The fourth-order valence-electron chi connectivity index (χ4n) is 4.65. The number of furan rings is 1. The molecule has 2 amide bonds. The molecule has 0 saturated carbocycles. The van der Waals surface area contributed by atoms with E-state index in [2.05, 4.69) is 23.7 Å². The quantitative estimate of drug-likeness (QED) is 0.811. The number of carbonyl (C=O) groups excluding carboxylic acids is 2. The molecule has 7 nitrogen and oxygen atoms in total. The number of anilines is 2. The van der Waals surface area contributed by atoms with Crippen molar-refractivity contribution >= 4 is 23.2 Å². The van der Waals surface area contributed by atoms with Gasteiger partial charge >= 0.3 is 0 Å². The summed E-state index contributed by atoms with van der Waals surface area (Å²) in [6.45, 7) is 3.91. The van der Waals surface area contributed by atoms with Gasteiger partial charge in [-0.25, -0.2) is 0 Å². The van der Waals surface area contributed by atoms with E-state index in [9.17, 15) is 9.59 Å². The Kier molecular flexibility index (Phi) is 4.46. The first-order chi connectivity index (χ1) is 15.0. The topological polar surface area (TPSA) is 69.0 Å². The van der Waals surface area contributed by atoms with Crippen molar-refractivity contribution in [2.24, 2.45) is 0 Å². The number of likely N-dealkylation sites (N-methyl/N-ethyl adjacent to an activating group) is 1. The smallest absolute Gasteiger partial charge is 0.294 e. The number of fused-ring (bicyclic) bond motifs is 2. The van der Waals surface area contributed by atoms with E-state index < -0.39 is 0 Å². The Hall–Kier alpha value is -3.74. The molecule has 31 heavy (non-hydrogen) atoms. The SMILES string of the molecule is CC(=O)N1c2ccc(C3C=CC=C4C3=CNN4C)cc2N(C(=O)c2ccco2)C[C@@H]1C. The van der Waals surface area contributed by atoms with Crippen LogP contribution in [0.3, 0.4) is 0 Å². The van der Waals surface area contributed by atoms with Crippen LogP contribution in [-0.4, -0.2) is 36.5 Å². The fraction of sp³-hybridized carbons (Fsp3) is 0.250. The summed E-state index contributed by atoms with van der Waals surface area (Å²) in [5.41, 5.74) is 8.03. The third kappa shape index (κ3) is 3.04. The van der Waals surface area contributed by atoms with E-state index in [1.807, 2.05) is 43.4 Å². The largest absolute Gasteiger partial charge is 0.459 e. The van der Waals surface area contributed by atoms with Crippen molar-refractivity contribution in [1.82, 2.24) is 10.4 Å². The maximum Gasteiger partial charge on any atom is 0.294 e. The molecule has 0 bridgehead atoms. The number of hydrazine groups is 1. The zero-order chi connectivity index (χ0) is 21.7. The van der Waals surface area contributed by atoms with Crippen LogP contribution in [0.2, 0.25) is 0 Å². The highest BCUT2D eigenvalue weighted by atomic mass is 16.3. The third-order valence-corrected chi connectivity index (χ3v) is 6.08. The van der Waals surface area contributed by atoms with Crippen LogP contribution in [0.1, 0.15) is 35.9 Å². The van der Waals surface area contributed by atoms with Gasteiger partial charge in [0.25, 0.3) is 5.91 Å². The maximum atomic E-state index is 13.2. The van der Waals surface area contributed by atoms with Crippen molar-refractivity contribution in [3.05, 3.63) is 83.6 Å². The predicted molar refractivity (Wildman–Crippen MR) is 118 cm³/mol. The molecule has 2 aromatic rings. The number of allylic oxidation sites excluding steroid dienone is 4. The van der Waals surface area contributed by atoms with E-state index in [-0.39, 0.29) is 29.5 Å². The molecule has 5 rings (SSSR count). The average molecular weight is 416 g/mol. The average Bonchev–Trinajstić information content (AvgIpc) is 3.42. The van der Waals surface area contributed by atoms with E-state index in [1.165, 1.54) is 11.8 Å². The fourth-order valence-corrected chi connectivity index (χ4v) is 4.65. The summed E-state index contributed by atoms with van der Waals surface area (Å²) < 4.78 is 5.37. The number of nitrogens with zero attached hydrogens (tertiary/aromatic N) is 3. The second-order valence-corrected chi connectivity index (χ2v) is 8.08. The van der Waals surface area contributed by atoms with Gasteiger partial charge in [-0.05, 0) is 42.8 Å². The minimum absolute atomic E-state index is 0.0429. The Balaban J connectivity index is 1.60. The van der Waals surface area contributed by atoms with Gasteiger partial charge in [-0.2, -0.15) is 0 Å². The molecule has 0 spiro atoms. The second-order valence-electron chi connectivity index (χ2n) is 8.08. The van der Waals surface area contributed by atoms with Crippen LogP contribution < -0.4 is 15.2 Å². The van der Waals surface area contributed by atoms with Gasteiger partial charge in [-0.15, -0.1) is 0 Å². The second kappa shape index (κ2) is 7.19. The Morgan fingerprint density at radius 1 is 1.19 bits per heavy atom. The van der Waals surface area contributed by atoms with Crippen LogP contribution in [0.5, 0.6) is 0 Å². The molecule has 0 fully saturated rings. The Bertz CT molecular complexity index is 1150. The van der Waals surface area contributed by atoms with Crippen molar-refractivity contribution in [3.8, 4) is 0 Å². The van der Waals surface area contributed by atoms with Crippen molar-refractivity contribution in [2.75, 3.05) is 23.4 Å². The highest BCUT2D eigenvalue weighted by Crippen LogP contribution is 2.42. The molecule has 1 N–H and O–H groups in total. The van der Waals surface area contributed by atoms with E-state index in [1.54, 1.807) is 28.9 Å². The molecule has 1 aliphatic carbocycles. The van der Waals surface area contributed by atoms with E-state index in [0.29, 0.717) is 6.54 Å². The summed E-state index contributed by atoms with van der Waals surface area (Å²) in [7, 11) is 1.98. The molecule has 1 aromatic carbocycles. The van der Waals surface area contributed by atoms with Gasteiger partial charge in [0.2, 0.25) is 5.91 Å². The van der Waals surface area contributed by atoms with Crippen molar-refractivity contribution < 1.29 is 14.0 Å². The third-order valence-electron chi connectivity index (χ3n) is 6.08. The molecule has 0 radical (unpaired) electrons. The number of hydrogen-bond acceptors (Lipinski definition) is 5. The molecule has 2 aliphatic heterocycles. The van der Waals surface area contributed by atoms with E-state index >= 15 is 0 Å². The summed E-state index contributed by atoms with van der Waals surface area (Å²) in [4.78, 5) is 29.1. The van der Waals surface area contributed by atoms with Crippen LogP contribution in [-0.2, 0) is 4.79 Å². The number of carbonyl (C=O) groups is 2. The first-order valence-corrected chi connectivity index (χ1v) is 10.3. The van der Waals surface area contributed by atoms with E-state index in [0.717, 1.165) is 22.6 Å². The van der Waals surface area contributed by atoms with Crippen molar-refractivity contribution in [2.45, 2.75) is 25.8 Å². The van der Waals surface area contributed by atoms with Crippen LogP contribution >= 0.6 is 0 Å². The standard InChI is InChI=1S/C24H24N4O3/c1-15-14-27(24(30)23-8-5-11-31-23)22-12-17(9-10-21(22)28(15)16(2)29)18-6-4-7-20-19(18)13-25-26(20)3/h4-13,15,18,25H,14H2,1-3H3/t15-,18?/m0/s1. The Morgan fingerprint density at radius 2 is 2.03 bits per heavy atom. The monoisotopic (exact) mass is 416 g/mol. The highest BCUT2D eigenvalue weighted by Gasteiger charge is 2.36. The molecule has 2 atom stereocenters. The summed E-state index contributed by atoms with van der Waals surface area (Å²) in [5.74, 6) is 0.0822. The molecule has 158 valence electrons. The van der Waals surface area contributed by atoms with Gasteiger partial charge in [-0.1, -0.05) is 18.2 Å². The van der Waals surface area contributed by atoms with Crippen LogP contribution in [0, 0.1) is 0 Å². The van der Waals surface area contributed by atoms with Gasteiger partial charge < -0.3 is 19.6 Å². The van der Waals surface area contributed by atoms with Crippen molar-refractivity contribution in [1.29, 1.82) is 0 Å². The molecule has 7 heteroatoms. The first-order valence-electron chi connectivity index (χ1n) is 10.3. The van der Waals surface area contributed by atoms with Crippen molar-refractivity contribution in [3.63, 3.8) is 0 Å². The lowest BCUT2D eigenvalue weighted by Gasteiger charge is -2.41. The minimum atomic E-state index is -0.209. The van der Waals surface area contributed by atoms with Gasteiger partial charge in [0, 0.05) is 38.2 Å². The molecule has 3 heterocycles. The van der Waals surface area contributed by atoms with Gasteiger partial charge in [0.15, 0.2) is 5.76 Å². The van der Waals surface area contributed by atoms with Gasteiger partial charge in [-0.3, -0.25) is 14.6 Å². The highest BCUT2D eigenvalue weighted by molar-refractivity contribution is 6.09. The number of nitrogens with one attached hydrogen (secondary N) is 1. The maximum absolute atomic E-state index is 13.2. The first kappa shape index (κ1) is 19.2. The van der Waals surface area contributed by atoms with E-state index in [4.69, 9.17) is 4.42 Å². The van der Waals surface area contributed by atoms with Crippen LogP contribution in [0.25, 0.3) is 0 Å². The number of hydrogen-bond donors (Lipinski definition) is 1. The molecular formula is C24H24N4O3. The van der Waals surface area contributed by atoms with Gasteiger partial charge in [0.05, 0.1) is 29.4 Å². The summed E-state index contributed by atoms with van der Waals surface area (Å²) in [6, 6.07) is 9.24. The van der Waals surface area contributed by atoms with Crippen LogP contribution in [0.15, 0.2) is 76.7 Å². The predicted octanol–water partition coefficient (Wildman–Crippen LogP) is 3.55. The number of amides is 2. The lowest BCUT2D eigenvalue weighted by Crippen LogP contribution is -2.51. The molecular weight excluding hydrogens is 392 g/mol. The molecule has 3 aliphatic rings. The number of rotatable bonds is 2. The lowest BCUT2D eigenvalue weighted by molar-refractivity contribution is -0.117. The molecule has 1 unspecified atom stereocenters. The Labute approximate surface area is 180 Å². The normalized spacial score (nSPS) is 21.8. The Morgan fingerprint density at radius 3 is 2.77 bits per heavy atom. The summed E-state index contributed by atoms with van der Waals surface area (Å²) in [6.07, 6.45) is 9.78. The number of benzene rings is 1.